The molecule has 10 rings (SSSR count). The summed E-state index contributed by atoms with van der Waals surface area (Å²) in [5.41, 5.74) is 13.4. The molecule has 0 amide bonds. The lowest BCUT2D eigenvalue weighted by Crippen LogP contribution is -2.09. The molecule has 3 aromatic heterocycles. The first-order chi connectivity index (χ1) is 24.3. The second kappa shape index (κ2) is 11.0. The first-order valence-corrected chi connectivity index (χ1v) is 16.7. The lowest BCUT2D eigenvalue weighted by Gasteiger charge is -2.25. The fourth-order valence-electron chi connectivity index (χ4n) is 7.59. The van der Waals surface area contributed by atoms with E-state index in [2.05, 4.69) is 191 Å². The summed E-state index contributed by atoms with van der Waals surface area (Å²) in [6.45, 7) is 0. The average molecular weight is 627 g/mol. The highest BCUT2D eigenvalue weighted by atomic mass is 16.3. The summed E-state index contributed by atoms with van der Waals surface area (Å²) >= 11 is 0. The number of fused-ring (bicyclic) bond motifs is 8. The Labute approximate surface area is 283 Å². The molecule has 0 radical (unpaired) electrons. The monoisotopic (exact) mass is 626 g/mol. The van der Waals surface area contributed by atoms with E-state index in [-0.39, 0.29) is 0 Å². The molecular weight excluding hydrogens is 597 g/mol. The molecule has 0 aliphatic rings. The molecule has 0 saturated carbocycles. The highest BCUT2D eigenvalue weighted by molar-refractivity contribution is 6.12. The Morgan fingerprint density at radius 3 is 1.82 bits per heavy atom. The van der Waals surface area contributed by atoms with Crippen molar-refractivity contribution in [1.29, 1.82) is 0 Å². The predicted octanol–water partition coefficient (Wildman–Crippen LogP) is 12.9. The number of benzene rings is 7. The molecule has 0 aliphatic carbocycles. The lowest BCUT2D eigenvalue weighted by atomic mass is 9.99. The van der Waals surface area contributed by atoms with E-state index in [0.29, 0.717) is 0 Å². The van der Waals surface area contributed by atoms with Crippen LogP contribution in [0.3, 0.4) is 0 Å². The van der Waals surface area contributed by atoms with Gasteiger partial charge in [0.1, 0.15) is 11.2 Å². The number of pyridine rings is 1. The third-order valence-corrected chi connectivity index (χ3v) is 9.74. The van der Waals surface area contributed by atoms with Gasteiger partial charge in [-0.15, -0.1) is 0 Å². The van der Waals surface area contributed by atoms with Crippen molar-refractivity contribution < 1.29 is 4.42 Å². The third kappa shape index (κ3) is 4.37. The predicted molar refractivity (Wildman–Crippen MR) is 205 cm³/mol. The second-order valence-corrected chi connectivity index (χ2v) is 12.6. The van der Waals surface area contributed by atoms with Gasteiger partial charge in [0.15, 0.2) is 0 Å². The van der Waals surface area contributed by atoms with Crippen LogP contribution in [-0.4, -0.2) is 4.40 Å². The van der Waals surface area contributed by atoms with Crippen LogP contribution in [0.2, 0.25) is 0 Å². The van der Waals surface area contributed by atoms with Crippen LogP contribution in [-0.2, 0) is 0 Å². The largest absolute Gasteiger partial charge is 0.456 e. The van der Waals surface area contributed by atoms with Crippen LogP contribution in [0.1, 0.15) is 0 Å². The molecule has 0 spiro atoms. The summed E-state index contributed by atoms with van der Waals surface area (Å²) in [6, 6.07) is 64.8. The van der Waals surface area contributed by atoms with Gasteiger partial charge in [-0.25, -0.2) is 0 Å². The Morgan fingerprint density at radius 2 is 1.06 bits per heavy atom. The maximum Gasteiger partial charge on any atom is 0.137 e. The number of rotatable bonds is 5. The number of furan rings is 1. The molecule has 0 fully saturated rings. The van der Waals surface area contributed by atoms with Gasteiger partial charge < -0.3 is 13.7 Å². The first kappa shape index (κ1) is 27.5. The fraction of sp³-hybridized carbons (Fsp3) is 0. The Kier molecular flexibility index (Phi) is 6.18. The van der Waals surface area contributed by atoms with Gasteiger partial charge in [-0.2, -0.15) is 0 Å². The van der Waals surface area contributed by atoms with Crippen molar-refractivity contribution in [1.82, 2.24) is 4.40 Å². The van der Waals surface area contributed by atoms with Gasteiger partial charge >= 0.3 is 0 Å². The lowest BCUT2D eigenvalue weighted by molar-refractivity contribution is 0.669. The smallest absolute Gasteiger partial charge is 0.137 e. The van der Waals surface area contributed by atoms with E-state index in [1.165, 1.54) is 44.0 Å². The van der Waals surface area contributed by atoms with Gasteiger partial charge in [-0.1, -0.05) is 115 Å². The van der Waals surface area contributed by atoms with Crippen LogP contribution in [0.15, 0.2) is 186 Å². The van der Waals surface area contributed by atoms with Crippen LogP contribution in [0.4, 0.5) is 17.1 Å². The van der Waals surface area contributed by atoms with Crippen molar-refractivity contribution in [2.24, 2.45) is 0 Å². The van der Waals surface area contributed by atoms with Crippen molar-refractivity contribution in [2.75, 3.05) is 4.90 Å². The molecule has 3 heteroatoms. The molecule has 0 atom stereocenters. The van der Waals surface area contributed by atoms with Crippen LogP contribution < -0.4 is 4.90 Å². The number of aromatic nitrogens is 1. The third-order valence-electron chi connectivity index (χ3n) is 9.74. The molecule has 0 bridgehead atoms. The number of hydrogen-bond donors (Lipinski definition) is 0. The van der Waals surface area contributed by atoms with Crippen molar-refractivity contribution in [3.05, 3.63) is 182 Å². The molecule has 49 heavy (non-hydrogen) atoms. The number of para-hydroxylation sites is 4. The maximum atomic E-state index is 6.68. The zero-order valence-electron chi connectivity index (χ0n) is 26.6. The molecule has 0 unspecified atom stereocenters. The summed E-state index contributed by atoms with van der Waals surface area (Å²) < 4.78 is 9.12. The Hall–Kier alpha value is -6.58. The summed E-state index contributed by atoms with van der Waals surface area (Å²) in [6.07, 6.45) is 0. The summed E-state index contributed by atoms with van der Waals surface area (Å²) in [5.74, 6) is 0. The van der Waals surface area contributed by atoms with Gasteiger partial charge in [-0.3, -0.25) is 0 Å². The quantitative estimate of drug-likeness (QED) is 0.189. The van der Waals surface area contributed by atoms with E-state index < -0.39 is 0 Å². The van der Waals surface area contributed by atoms with Crippen molar-refractivity contribution >= 4 is 66.3 Å². The van der Waals surface area contributed by atoms with E-state index in [4.69, 9.17) is 4.42 Å². The summed E-state index contributed by atoms with van der Waals surface area (Å²) in [7, 11) is 0. The maximum absolute atomic E-state index is 6.68. The average Bonchev–Trinajstić information content (AvgIpc) is 3.71. The molecule has 10 aromatic rings. The van der Waals surface area contributed by atoms with Gasteiger partial charge in [0.05, 0.1) is 16.6 Å². The Bertz CT molecular complexity index is 2770. The molecular formula is C46H30N2O. The molecule has 230 valence electrons. The SMILES string of the molecule is c1ccc(-c2c3ccccc3n3c2ccc2cccc(-c4ccc5c(c4)oc4cc(N(c6ccccc6)c6ccccc6)ccc45)c23)cc1. The van der Waals surface area contributed by atoms with E-state index in [1.807, 2.05) is 0 Å². The van der Waals surface area contributed by atoms with Crippen LogP contribution >= 0.6 is 0 Å². The van der Waals surface area contributed by atoms with Gasteiger partial charge in [0.2, 0.25) is 0 Å². The van der Waals surface area contributed by atoms with Crippen LogP contribution in [0.25, 0.3) is 71.5 Å². The zero-order chi connectivity index (χ0) is 32.3. The molecule has 3 heterocycles. The number of hydrogen-bond acceptors (Lipinski definition) is 2. The van der Waals surface area contributed by atoms with E-state index in [1.54, 1.807) is 0 Å². The molecule has 0 saturated heterocycles. The van der Waals surface area contributed by atoms with Crippen LogP contribution in [0, 0.1) is 0 Å². The van der Waals surface area contributed by atoms with E-state index in [0.717, 1.165) is 44.6 Å². The molecule has 7 aromatic carbocycles. The van der Waals surface area contributed by atoms with Gasteiger partial charge in [-0.05, 0) is 77.2 Å². The minimum absolute atomic E-state index is 0.866. The molecule has 0 N–H and O–H groups in total. The van der Waals surface area contributed by atoms with Crippen molar-refractivity contribution in [3.63, 3.8) is 0 Å². The van der Waals surface area contributed by atoms with Crippen molar-refractivity contribution in [2.45, 2.75) is 0 Å². The van der Waals surface area contributed by atoms with Crippen LogP contribution in [0.5, 0.6) is 0 Å². The highest BCUT2D eigenvalue weighted by Gasteiger charge is 2.19. The van der Waals surface area contributed by atoms with Gasteiger partial charge in [0.25, 0.3) is 0 Å². The minimum Gasteiger partial charge on any atom is -0.456 e. The van der Waals surface area contributed by atoms with E-state index >= 15 is 0 Å². The topological polar surface area (TPSA) is 20.8 Å². The summed E-state index contributed by atoms with van der Waals surface area (Å²) in [5, 5.41) is 4.66. The van der Waals surface area contributed by atoms with Crippen molar-refractivity contribution in [3.8, 4) is 22.3 Å². The fourth-order valence-corrected chi connectivity index (χ4v) is 7.59. The normalized spacial score (nSPS) is 11.7. The second-order valence-electron chi connectivity index (χ2n) is 12.6. The standard InChI is InChI=1S/C46H30N2O/c1-4-13-31(14-5-1)45-40-20-10-11-22-41(40)48-42(45)28-24-32-15-12-21-37(46(32)48)33-23-26-38-39-27-25-36(30-44(39)49-43(38)29-33)47(34-16-6-2-7-17-34)35-18-8-3-9-19-35/h1-30H. The zero-order valence-corrected chi connectivity index (χ0v) is 26.6. The molecule has 3 nitrogen and oxygen atoms in total. The molecule has 0 aliphatic heterocycles. The van der Waals surface area contributed by atoms with E-state index in [9.17, 15) is 0 Å². The summed E-state index contributed by atoms with van der Waals surface area (Å²) in [4.78, 5) is 2.27. The Balaban J connectivity index is 1.16. The number of anilines is 3. The van der Waals surface area contributed by atoms with Gasteiger partial charge in [0, 0.05) is 50.4 Å². The Morgan fingerprint density at radius 1 is 0.408 bits per heavy atom. The first-order valence-electron chi connectivity index (χ1n) is 16.7. The minimum atomic E-state index is 0.866. The number of nitrogens with zero attached hydrogens (tertiary/aromatic N) is 2. The highest BCUT2D eigenvalue weighted by Crippen LogP contribution is 2.42.